The maximum absolute atomic E-state index is 10.5. The molecule has 2 aliphatic rings. The third kappa shape index (κ3) is 3.72. The van der Waals surface area contributed by atoms with E-state index in [0.29, 0.717) is 22.2 Å². The second-order valence-electron chi connectivity index (χ2n) is 7.23. The summed E-state index contributed by atoms with van der Waals surface area (Å²) in [4.78, 5) is 4.95. The highest BCUT2D eigenvalue weighted by molar-refractivity contribution is 6.31. The molecule has 3 aromatic carbocycles. The molecule has 0 spiro atoms. The van der Waals surface area contributed by atoms with E-state index in [1.54, 1.807) is 18.2 Å². The predicted octanol–water partition coefficient (Wildman–Crippen LogP) is 5.65. The van der Waals surface area contributed by atoms with Crippen molar-refractivity contribution in [3.63, 3.8) is 0 Å². The van der Waals surface area contributed by atoms with Crippen LogP contribution in [0.2, 0.25) is 10.0 Å². The lowest BCUT2D eigenvalue weighted by molar-refractivity contribution is 0.174. The molecule has 2 atom stereocenters. The van der Waals surface area contributed by atoms with Crippen LogP contribution in [0.25, 0.3) is 0 Å². The number of phenols is 1. The molecule has 0 saturated carbocycles. The molecule has 0 radical (unpaired) electrons. The van der Waals surface area contributed by atoms with Gasteiger partial charge in [-0.25, -0.2) is 0 Å². The van der Waals surface area contributed by atoms with Gasteiger partial charge in [-0.05, 0) is 59.7 Å². The Labute approximate surface area is 183 Å². The summed E-state index contributed by atoms with van der Waals surface area (Å²) in [6.45, 7) is 0.219. The first-order valence-electron chi connectivity index (χ1n) is 9.53. The first-order chi connectivity index (χ1) is 14.6. The van der Waals surface area contributed by atoms with E-state index in [4.69, 9.17) is 37.7 Å². The second-order valence-corrected chi connectivity index (χ2v) is 8.10. The molecule has 30 heavy (non-hydrogen) atoms. The molecule has 152 valence electrons. The summed E-state index contributed by atoms with van der Waals surface area (Å²) < 4.78 is 11.0. The minimum atomic E-state index is -0.332. The molecule has 5 rings (SSSR count). The fraction of sp³-hybridized carbons (Fsp3) is 0.174. The Bertz CT molecular complexity index is 1150. The monoisotopic (exact) mass is 440 g/mol. The van der Waals surface area contributed by atoms with Crippen LogP contribution in [0.1, 0.15) is 35.3 Å². The Morgan fingerprint density at radius 2 is 1.77 bits per heavy atom. The molecule has 0 aromatic heterocycles. The summed E-state index contributed by atoms with van der Waals surface area (Å²) in [5.74, 6) is 1.62. The SMILES string of the molecule is Oc1ccc(Cl)cc1[C@@H]1CC(c2ccc3c(c2)OCO3)=N[C@@H](c2cccc(Cl)c2)N1. The highest BCUT2D eigenvalue weighted by Crippen LogP contribution is 2.38. The van der Waals surface area contributed by atoms with Crippen molar-refractivity contribution in [1.82, 2.24) is 5.32 Å². The normalized spacial score (nSPS) is 20.1. The topological polar surface area (TPSA) is 63.1 Å². The van der Waals surface area contributed by atoms with E-state index in [1.165, 1.54) is 0 Å². The Hall–Kier alpha value is -2.73. The average Bonchev–Trinajstić information content (AvgIpc) is 3.23. The van der Waals surface area contributed by atoms with Crippen molar-refractivity contribution in [2.75, 3.05) is 6.79 Å². The summed E-state index contributed by atoms with van der Waals surface area (Å²) in [6.07, 6.45) is 0.242. The van der Waals surface area contributed by atoms with Crippen molar-refractivity contribution in [1.29, 1.82) is 0 Å². The molecule has 7 heteroatoms. The summed E-state index contributed by atoms with van der Waals surface area (Å²) in [6, 6.07) is 18.3. The first-order valence-corrected chi connectivity index (χ1v) is 10.3. The number of ether oxygens (including phenoxy) is 2. The molecule has 2 N–H and O–H groups in total. The van der Waals surface area contributed by atoms with E-state index in [1.807, 2.05) is 42.5 Å². The van der Waals surface area contributed by atoms with Gasteiger partial charge >= 0.3 is 0 Å². The van der Waals surface area contributed by atoms with Crippen LogP contribution in [-0.4, -0.2) is 17.6 Å². The highest BCUT2D eigenvalue weighted by Gasteiger charge is 2.28. The van der Waals surface area contributed by atoms with Crippen LogP contribution in [0.15, 0.2) is 65.7 Å². The van der Waals surface area contributed by atoms with E-state index in [0.717, 1.165) is 28.2 Å². The molecule has 0 fully saturated rings. The van der Waals surface area contributed by atoms with Crippen molar-refractivity contribution in [2.45, 2.75) is 18.6 Å². The quantitative estimate of drug-likeness (QED) is 0.552. The number of fused-ring (bicyclic) bond motifs is 1. The number of aliphatic imine (C=N–C) groups is 1. The minimum absolute atomic E-state index is 0.189. The standard InChI is InChI=1S/C23H18Cl2N2O3/c24-15-3-1-2-14(8-15)23-26-18(13-4-7-21-22(9-13)30-12-29-21)11-19(27-23)17-10-16(25)5-6-20(17)28/h1-10,19,23,27-28H,11-12H2/t19-,23+/m0/s1. The fourth-order valence-corrected chi connectivity index (χ4v) is 4.19. The van der Waals surface area contributed by atoms with Crippen molar-refractivity contribution in [2.24, 2.45) is 4.99 Å². The van der Waals surface area contributed by atoms with Crippen molar-refractivity contribution in [3.05, 3.63) is 87.4 Å². The molecular weight excluding hydrogens is 423 g/mol. The summed E-state index contributed by atoms with van der Waals surface area (Å²) >= 11 is 12.4. The van der Waals surface area contributed by atoms with Crippen molar-refractivity contribution >= 4 is 28.9 Å². The van der Waals surface area contributed by atoms with Crippen molar-refractivity contribution in [3.8, 4) is 17.2 Å². The van der Waals surface area contributed by atoms with Gasteiger partial charge in [-0.3, -0.25) is 10.3 Å². The van der Waals surface area contributed by atoms with Gasteiger partial charge < -0.3 is 14.6 Å². The maximum atomic E-state index is 10.5. The lowest BCUT2D eigenvalue weighted by Crippen LogP contribution is -2.33. The van der Waals surface area contributed by atoms with Gasteiger partial charge in [0.25, 0.3) is 0 Å². The number of hydrogen-bond donors (Lipinski definition) is 2. The number of benzene rings is 3. The van der Waals surface area contributed by atoms with Gasteiger partial charge in [-0.2, -0.15) is 0 Å². The second kappa shape index (κ2) is 7.84. The lowest BCUT2D eigenvalue weighted by Gasteiger charge is -2.31. The predicted molar refractivity (Wildman–Crippen MR) is 117 cm³/mol. The van der Waals surface area contributed by atoms with Gasteiger partial charge in [-0.1, -0.05) is 35.3 Å². The van der Waals surface area contributed by atoms with Crippen molar-refractivity contribution < 1.29 is 14.6 Å². The first kappa shape index (κ1) is 19.2. The summed E-state index contributed by atoms with van der Waals surface area (Å²) in [5.41, 5.74) is 3.50. The zero-order valence-electron chi connectivity index (χ0n) is 15.8. The van der Waals surface area contributed by atoms with Crippen LogP contribution in [0.4, 0.5) is 0 Å². The lowest BCUT2D eigenvalue weighted by atomic mass is 9.93. The van der Waals surface area contributed by atoms with Crippen LogP contribution in [0.3, 0.4) is 0 Å². The molecule has 3 aromatic rings. The van der Waals surface area contributed by atoms with Gasteiger partial charge in [0.2, 0.25) is 6.79 Å². The van der Waals surface area contributed by atoms with Crippen LogP contribution in [0.5, 0.6) is 17.2 Å². The zero-order chi connectivity index (χ0) is 20.7. The third-order valence-electron chi connectivity index (χ3n) is 5.28. The summed E-state index contributed by atoms with van der Waals surface area (Å²) in [7, 11) is 0. The van der Waals surface area contributed by atoms with Gasteiger partial charge in [0, 0.05) is 33.8 Å². The molecule has 2 aliphatic heterocycles. The Balaban J connectivity index is 1.58. The van der Waals surface area contributed by atoms with Crippen LogP contribution < -0.4 is 14.8 Å². The molecule has 0 unspecified atom stereocenters. The van der Waals surface area contributed by atoms with Gasteiger partial charge in [0.05, 0.1) is 0 Å². The molecular formula is C23H18Cl2N2O3. The Morgan fingerprint density at radius 3 is 2.63 bits per heavy atom. The Morgan fingerprint density at radius 1 is 0.933 bits per heavy atom. The van der Waals surface area contributed by atoms with E-state index in [2.05, 4.69) is 5.32 Å². The molecule has 0 aliphatic carbocycles. The maximum Gasteiger partial charge on any atom is 0.231 e. The molecule has 5 nitrogen and oxygen atoms in total. The fourth-order valence-electron chi connectivity index (χ4n) is 3.81. The van der Waals surface area contributed by atoms with E-state index in [-0.39, 0.29) is 24.8 Å². The van der Waals surface area contributed by atoms with E-state index in [9.17, 15) is 5.11 Å². The minimum Gasteiger partial charge on any atom is -0.508 e. The summed E-state index contributed by atoms with van der Waals surface area (Å²) in [5, 5.41) is 15.2. The van der Waals surface area contributed by atoms with Gasteiger partial charge in [0.1, 0.15) is 11.9 Å². The number of aromatic hydroxyl groups is 1. The van der Waals surface area contributed by atoms with Gasteiger partial charge in [0.15, 0.2) is 11.5 Å². The Kier molecular flexibility index (Phi) is 5.03. The smallest absolute Gasteiger partial charge is 0.231 e. The average molecular weight is 441 g/mol. The number of hydrogen-bond acceptors (Lipinski definition) is 5. The third-order valence-corrected chi connectivity index (χ3v) is 5.75. The largest absolute Gasteiger partial charge is 0.508 e. The number of phenolic OH excluding ortho intramolecular Hbond substituents is 1. The van der Waals surface area contributed by atoms with Crippen LogP contribution in [0, 0.1) is 0 Å². The zero-order valence-corrected chi connectivity index (χ0v) is 17.3. The number of halogens is 2. The molecule has 2 heterocycles. The highest BCUT2D eigenvalue weighted by atomic mass is 35.5. The number of rotatable bonds is 3. The van der Waals surface area contributed by atoms with Gasteiger partial charge in [-0.15, -0.1) is 0 Å². The van der Waals surface area contributed by atoms with E-state index >= 15 is 0 Å². The molecule has 0 bridgehead atoms. The molecule has 0 amide bonds. The number of nitrogens with zero attached hydrogens (tertiary/aromatic N) is 1. The van der Waals surface area contributed by atoms with Crippen LogP contribution in [-0.2, 0) is 0 Å². The number of nitrogens with one attached hydrogen (secondary N) is 1. The van der Waals surface area contributed by atoms with E-state index < -0.39 is 0 Å². The van der Waals surface area contributed by atoms with Crippen LogP contribution >= 0.6 is 23.2 Å². The molecule has 0 saturated heterocycles.